The van der Waals surface area contributed by atoms with Gasteiger partial charge in [0.25, 0.3) is 0 Å². The SMILES string of the molecule is COc1cc(-c2nc(-c3ccc(N(C)C)cc3)co2)cc(OC)c1O.Cl. The lowest BCUT2D eigenvalue weighted by atomic mass is 10.1. The van der Waals surface area contributed by atoms with E-state index in [1.807, 2.05) is 43.3 Å². The molecule has 0 saturated heterocycles. The minimum Gasteiger partial charge on any atom is -0.502 e. The molecule has 6 nitrogen and oxygen atoms in total. The van der Waals surface area contributed by atoms with Gasteiger partial charge in [0.1, 0.15) is 12.0 Å². The Labute approximate surface area is 158 Å². The Morgan fingerprint density at radius 3 is 2.04 bits per heavy atom. The second-order valence-electron chi connectivity index (χ2n) is 5.71. The van der Waals surface area contributed by atoms with Gasteiger partial charge in [0, 0.05) is 30.9 Å². The summed E-state index contributed by atoms with van der Waals surface area (Å²) in [5.74, 6) is 0.956. The fourth-order valence-corrected chi connectivity index (χ4v) is 2.49. The number of phenolic OH excluding ortho intramolecular Hbond substituents is 1. The summed E-state index contributed by atoms with van der Waals surface area (Å²) in [5.41, 5.74) is 3.45. The number of aromatic nitrogens is 1. The highest BCUT2D eigenvalue weighted by Gasteiger charge is 2.16. The molecule has 0 aliphatic heterocycles. The summed E-state index contributed by atoms with van der Waals surface area (Å²) in [6, 6.07) is 11.3. The number of aromatic hydroxyl groups is 1. The van der Waals surface area contributed by atoms with Crippen molar-refractivity contribution in [2.24, 2.45) is 0 Å². The topological polar surface area (TPSA) is 68.0 Å². The van der Waals surface area contributed by atoms with Gasteiger partial charge in [-0.05, 0) is 24.3 Å². The van der Waals surface area contributed by atoms with Crippen molar-refractivity contribution in [2.45, 2.75) is 0 Å². The van der Waals surface area contributed by atoms with Gasteiger partial charge in [0.05, 0.1) is 14.2 Å². The van der Waals surface area contributed by atoms with Crippen molar-refractivity contribution < 1.29 is 19.0 Å². The smallest absolute Gasteiger partial charge is 0.226 e. The maximum Gasteiger partial charge on any atom is 0.226 e. The fourth-order valence-electron chi connectivity index (χ4n) is 2.49. The lowest BCUT2D eigenvalue weighted by Gasteiger charge is -2.11. The number of halogens is 1. The number of oxazole rings is 1. The van der Waals surface area contributed by atoms with Crippen LogP contribution in [0.1, 0.15) is 0 Å². The Bertz CT molecular complexity index is 850. The van der Waals surface area contributed by atoms with Crippen molar-refractivity contribution in [3.8, 4) is 40.0 Å². The van der Waals surface area contributed by atoms with Gasteiger partial charge in [-0.15, -0.1) is 12.4 Å². The Morgan fingerprint density at radius 2 is 1.54 bits per heavy atom. The number of ether oxygens (including phenoxy) is 2. The molecule has 0 aliphatic rings. The second kappa shape index (κ2) is 8.01. The van der Waals surface area contributed by atoms with E-state index < -0.39 is 0 Å². The number of methoxy groups -OCH3 is 2. The molecule has 0 aliphatic carbocycles. The zero-order valence-electron chi connectivity index (χ0n) is 15.0. The van der Waals surface area contributed by atoms with E-state index in [1.54, 1.807) is 18.4 Å². The van der Waals surface area contributed by atoms with Gasteiger partial charge < -0.3 is 23.9 Å². The summed E-state index contributed by atoms with van der Waals surface area (Å²) in [5, 5.41) is 10.0. The number of phenols is 1. The maximum atomic E-state index is 10.0. The van der Waals surface area contributed by atoms with Crippen LogP contribution in [0.3, 0.4) is 0 Å². The minimum atomic E-state index is -0.0557. The first-order valence-electron chi connectivity index (χ1n) is 7.72. The van der Waals surface area contributed by atoms with Crippen LogP contribution >= 0.6 is 12.4 Å². The predicted octanol–water partition coefficient (Wildman–Crippen LogP) is 4.22. The molecular weight excluding hydrogens is 356 g/mol. The van der Waals surface area contributed by atoms with Crippen LogP contribution in [0.25, 0.3) is 22.7 Å². The van der Waals surface area contributed by atoms with E-state index in [0.717, 1.165) is 16.9 Å². The van der Waals surface area contributed by atoms with Gasteiger partial charge in [-0.1, -0.05) is 12.1 Å². The van der Waals surface area contributed by atoms with Crippen molar-refractivity contribution in [3.63, 3.8) is 0 Å². The van der Waals surface area contributed by atoms with Gasteiger partial charge in [-0.3, -0.25) is 0 Å². The Kier molecular flexibility index (Phi) is 6.00. The maximum absolute atomic E-state index is 10.0. The lowest BCUT2D eigenvalue weighted by molar-refractivity contribution is 0.340. The lowest BCUT2D eigenvalue weighted by Crippen LogP contribution is -2.07. The molecule has 0 saturated carbocycles. The van der Waals surface area contributed by atoms with Crippen molar-refractivity contribution in [3.05, 3.63) is 42.7 Å². The van der Waals surface area contributed by atoms with Gasteiger partial charge in [-0.25, -0.2) is 4.98 Å². The highest BCUT2D eigenvalue weighted by atomic mass is 35.5. The van der Waals surface area contributed by atoms with Crippen LogP contribution in [0.2, 0.25) is 0 Å². The molecule has 26 heavy (non-hydrogen) atoms. The average Bonchev–Trinajstić information content (AvgIpc) is 3.12. The number of hydrogen-bond donors (Lipinski definition) is 1. The summed E-state index contributed by atoms with van der Waals surface area (Å²) in [6.45, 7) is 0. The fraction of sp³-hybridized carbons (Fsp3) is 0.211. The summed E-state index contributed by atoms with van der Waals surface area (Å²) in [6.07, 6.45) is 1.60. The highest BCUT2D eigenvalue weighted by Crippen LogP contribution is 2.40. The van der Waals surface area contributed by atoms with Crippen LogP contribution in [0, 0.1) is 0 Å². The zero-order chi connectivity index (χ0) is 18.0. The number of rotatable bonds is 5. The standard InChI is InChI=1S/C19H20N2O4.ClH/c1-21(2)14-7-5-12(6-8-14)15-11-25-19(20-15)13-9-16(23-3)18(22)17(10-13)24-4;/h5-11,22H,1-4H3;1H. The van der Waals surface area contributed by atoms with Crippen molar-refractivity contribution in [2.75, 3.05) is 33.2 Å². The number of nitrogens with zero attached hydrogens (tertiary/aromatic N) is 2. The summed E-state index contributed by atoms with van der Waals surface area (Å²) < 4.78 is 16.0. The third-order valence-electron chi connectivity index (χ3n) is 3.91. The van der Waals surface area contributed by atoms with Gasteiger partial charge in [0.15, 0.2) is 11.5 Å². The molecule has 0 amide bonds. The van der Waals surface area contributed by atoms with Crippen LogP contribution < -0.4 is 14.4 Å². The molecule has 3 aromatic rings. The first kappa shape index (κ1) is 19.5. The molecule has 1 heterocycles. The first-order chi connectivity index (χ1) is 12.0. The minimum absolute atomic E-state index is 0. The molecule has 0 unspecified atom stereocenters. The van der Waals surface area contributed by atoms with Crippen LogP contribution in [0.15, 0.2) is 47.1 Å². The summed E-state index contributed by atoms with van der Waals surface area (Å²) in [4.78, 5) is 6.57. The van der Waals surface area contributed by atoms with E-state index in [0.29, 0.717) is 23.0 Å². The highest BCUT2D eigenvalue weighted by molar-refractivity contribution is 5.85. The van der Waals surface area contributed by atoms with Crippen molar-refractivity contribution >= 4 is 18.1 Å². The summed E-state index contributed by atoms with van der Waals surface area (Å²) in [7, 11) is 6.95. The van der Waals surface area contributed by atoms with E-state index in [1.165, 1.54) is 14.2 Å². The quantitative estimate of drug-likeness (QED) is 0.719. The van der Waals surface area contributed by atoms with E-state index in [4.69, 9.17) is 13.9 Å². The third-order valence-corrected chi connectivity index (χ3v) is 3.91. The molecule has 0 atom stereocenters. The van der Waals surface area contributed by atoms with Crippen LogP contribution in [-0.4, -0.2) is 38.4 Å². The van der Waals surface area contributed by atoms with Gasteiger partial charge in [0.2, 0.25) is 11.6 Å². The number of hydrogen-bond acceptors (Lipinski definition) is 6. The van der Waals surface area contributed by atoms with Gasteiger partial charge >= 0.3 is 0 Å². The van der Waals surface area contributed by atoms with Crippen LogP contribution in [0.4, 0.5) is 5.69 Å². The molecule has 2 aromatic carbocycles. The van der Waals surface area contributed by atoms with Crippen LogP contribution in [0.5, 0.6) is 17.2 Å². The Balaban J connectivity index is 0.00000243. The van der Waals surface area contributed by atoms with E-state index in [2.05, 4.69) is 4.98 Å². The molecule has 0 spiro atoms. The molecule has 7 heteroatoms. The Morgan fingerprint density at radius 1 is 0.962 bits per heavy atom. The third kappa shape index (κ3) is 3.70. The normalized spacial score (nSPS) is 10.2. The second-order valence-corrected chi connectivity index (χ2v) is 5.71. The number of anilines is 1. The molecule has 1 aromatic heterocycles. The monoisotopic (exact) mass is 376 g/mol. The van der Waals surface area contributed by atoms with E-state index >= 15 is 0 Å². The molecule has 0 radical (unpaired) electrons. The van der Waals surface area contributed by atoms with Gasteiger partial charge in [-0.2, -0.15) is 0 Å². The van der Waals surface area contributed by atoms with Crippen LogP contribution in [-0.2, 0) is 0 Å². The zero-order valence-corrected chi connectivity index (χ0v) is 15.8. The molecule has 138 valence electrons. The first-order valence-corrected chi connectivity index (χ1v) is 7.72. The van der Waals surface area contributed by atoms with E-state index in [9.17, 15) is 5.11 Å². The summed E-state index contributed by atoms with van der Waals surface area (Å²) >= 11 is 0. The molecule has 0 bridgehead atoms. The van der Waals surface area contributed by atoms with Crippen molar-refractivity contribution in [1.29, 1.82) is 0 Å². The predicted molar refractivity (Wildman–Crippen MR) is 104 cm³/mol. The Hall–Kier alpha value is -2.86. The molecule has 3 rings (SSSR count). The molecule has 0 fully saturated rings. The van der Waals surface area contributed by atoms with Crippen molar-refractivity contribution in [1.82, 2.24) is 4.98 Å². The average molecular weight is 377 g/mol. The number of benzene rings is 2. The van der Waals surface area contributed by atoms with E-state index in [-0.39, 0.29) is 18.2 Å². The molecule has 1 N–H and O–H groups in total. The molecular formula is C19H21ClN2O4. The largest absolute Gasteiger partial charge is 0.502 e.